The molecule has 5 nitrogen and oxygen atoms in total. The highest BCUT2D eigenvalue weighted by Crippen LogP contribution is 2.16. The summed E-state index contributed by atoms with van der Waals surface area (Å²) in [6, 6.07) is 0. The first-order valence-electron chi connectivity index (χ1n) is 5.94. The number of ether oxygens (including phenoxy) is 1. The summed E-state index contributed by atoms with van der Waals surface area (Å²) in [6.45, 7) is 4.43. The molecule has 0 aromatic heterocycles. The first-order chi connectivity index (χ1) is 7.66. The smallest absolute Gasteiger partial charge is 0.233 e. The molecule has 1 atom stereocenters. The summed E-state index contributed by atoms with van der Waals surface area (Å²) in [7, 11) is 0. The molecule has 1 fully saturated rings. The monoisotopic (exact) mass is 230 g/mol. The van der Waals surface area contributed by atoms with E-state index in [9.17, 15) is 9.90 Å². The van der Waals surface area contributed by atoms with E-state index in [4.69, 9.17) is 4.74 Å². The summed E-state index contributed by atoms with van der Waals surface area (Å²) in [5, 5.41) is 15.7. The van der Waals surface area contributed by atoms with Crippen LogP contribution >= 0.6 is 0 Å². The third-order valence-electron chi connectivity index (χ3n) is 2.67. The zero-order valence-electron chi connectivity index (χ0n) is 9.92. The molecule has 16 heavy (non-hydrogen) atoms. The van der Waals surface area contributed by atoms with E-state index < -0.39 is 5.60 Å². The molecule has 0 aromatic carbocycles. The Labute approximate surface area is 96.6 Å². The van der Waals surface area contributed by atoms with Crippen molar-refractivity contribution in [1.82, 2.24) is 10.6 Å². The van der Waals surface area contributed by atoms with E-state index in [-0.39, 0.29) is 12.5 Å². The van der Waals surface area contributed by atoms with E-state index in [2.05, 4.69) is 17.6 Å². The van der Waals surface area contributed by atoms with Crippen LogP contribution in [0.2, 0.25) is 0 Å². The van der Waals surface area contributed by atoms with Crippen LogP contribution in [0.15, 0.2) is 0 Å². The molecule has 5 heteroatoms. The van der Waals surface area contributed by atoms with Gasteiger partial charge in [-0.05, 0) is 6.42 Å². The van der Waals surface area contributed by atoms with Crippen molar-refractivity contribution in [2.24, 2.45) is 0 Å². The molecule has 3 N–H and O–H groups in total. The van der Waals surface area contributed by atoms with Crippen molar-refractivity contribution in [1.29, 1.82) is 0 Å². The molecule has 0 spiro atoms. The minimum absolute atomic E-state index is 0.0176. The summed E-state index contributed by atoms with van der Waals surface area (Å²) < 4.78 is 5.11. The standard InChI is InChI=1S/C11H22N2O3/c1-2-3-5-13-10(14)7-12-8-11(15)4-6-16-9-11/h12,15H,2-9H2,1H3,(H,13,14). The maximum Gasteiger partial charge on any atom is 0.233 e. The Morgan fingerprint density at radius 2 is 2.38 bits per heavy atom. The van der Waals surface area contributed by atoms with Gasteiger partial charge in [-0.3, -0.25) is 4.79 Å². The van der Waals surface area contributed by atoms with Crippen molar-refractivity contribution in [3.8, 4) is 0 Å². The van der Waals surface area contributed by atoms with Gasteiger partial charge in [-0.25, -0.2) is 0 Å². The molecule has 0 bridgehead atoms. The second-order valence-electron chi connectivity index (χ2n) is 4.33. The third kappa shape index (κ3) is 4.92. The fraction of sp³-hybridized carbons (Fsp3) is 0.909. The predicted octanol–water partition coefficient (Wildman–Crippen LogP) is -0.356. The summed E-state index contributed by atoms with van der Waals surface area (Å²) >= 11 is 0. The van der Waals surface area contributed by atoms with E-state index >= 15 is 0 Å². The summed E-state index contributed by atoms with van der Waals surface area (Å²) in [5.41, 5.74) is -0.788. The van der Waals surface area contributed by atoms with Gasteiger partial charge in [0.1, 0.15) is 5.60 Å². The van der Waals surface area contributed by atoms with Crippen LogP contribution in [0.3, 0.4) is 0 Å². The fourth-order valence-corrected chi connectivity index (χ4v) is 1.61. The lowest BCUT2D eigenvalue weighted by atomic mass is 10.0. The second kappa shape index (κ2) is 6.83. The fourth-order valence-electron chi connectivity index (χ4n) is 1.61. The molecular formula is C11H22N2O3. The van der Waals surface area contributed by atoms with Gasteiger partial charge >= 0.3 is 0 Å². The molecule has 0 saturated carbocycles. The normalized spacial score (nSPS) is 24.6. The van der Waals surface area contributed by atoms with E-state index in [1.54, 1.807) is 0 Å². The first-order valence-corrected chi connectivity index (χ1v) is 5.94. The van der Waals surface area contributed by atoms with Gasteiger partial charge in [-0.1, -0.05) is 13.3 Å². The van der Waals surface area contributed by atoms with Crippen LogP contribution in [0, 0.1) is 0 Å². The summed E-state index contributed by atoms with van der Waals surface area (Å²) in [5.74, 6) is -0.0176. The van der Waals surface area contributed by atoms with Gasteiger partial charge in [0.2, 0.25) is 5.91 Å². The molecule has 94 valence electrons. The van der Waals surface area contributed by atoms with Crippen LogP contribution in [0.25, 0.3) is 0 Å². The van der Waals surface area contributed by atoms with Crippen molar-refractivity contribution in [2.75, 3.05) is 32.8 Å². The average molecular weight is 230 g/mol. The minimum Gasteiger partial charge on any atom is -0.386 e. The highest BCUT2D eigenvalue weighted by Gasteiger charge is 2.31. The van der Waals surface area contributed by atoms with E-state index in [1.165, 1.54) is 0 Å². The Morgan fingerprint density at radius 3 is 3.00 bits per heavy atom. The molecule has 0 aromatic rings. The molecule has 0 radical (unpaired) electrons. The van der Waals surface area contributed by atoms with Crippen LogP contribution in [-0.4, -0.2) is 49.5 Å². The van der Waals surface area contributed by atoms with Gasteiger partial charge in [-0.15, -0.1) is 0 Å². The Morgan fingerprint density at radius 1 is 1.56 bits per heavy atom. The topological polar surface area (TPSA) is 70.6 Å². The van der Waals surface area contributed by atoms with Gasteiger partial charge in [0.25, 0.3) is 0 Å². The second-order valence-corrected chi connectivity index (χ2v) is 4.33. The largest absolute Gasteiger partial charge is 0.386 e. The van der Waals surface area contributed by atoms with Gasteiger partial charge in [-0.2, -0.15) is 0 Å². The molecule has 1 saturated heterocycles. The number of aliphatic hydroxyl groups is 1. The Hall–Kier alpha value is -0.650. The SMILES string of the molecule is CCCCNC(=O)CNCC1(O)CCOC1. The number of unbranched alkanes of at least 4 members (excludes halogenated alkanes) is 1. The Kier molecular flexibility index (Phi) is 5.73. The van der Waals surface area contributed by atoms with E-state index in [0.717, 1.165) is 19.4 Å². The maximum atomic E-state index is 11.3. The number of rotatable bonds is 7. The number of nitrogens with one attached hydrogen (secondary N) is 2. The summed E-state index contributed by atoms with van der Waals surface area (Å²) in [6.07, 6.45) is 2.71. The van der Waals surface area contributed by atoms with Crippen LogP contribution in [-0.2, 0) is 9.53 Å². The van der Waals surface area contributed by atoms with Gasteiger partial charge in [0, 0.05) is 26.1 Å². The molecule has 1 amide bonds. The van der Waals surface area contributed by atoms with Crippen molar-refractivity contribution in [3.63, 3.8) is 0 Å². The number of carbonyl (C=O) groups excluding carboxylic acids is 1. The highest BCUT2D eigenvalue weighted by molar-refractivity contribution is 5.77. The average Bonchev–Trinajstić information content (AvgIpc) is 2.66. The van der Waals surface area contributed by atoms with Crippen LogP contribution in [0.5, 0.6) is 0 Å². The zero-order valence-corrected chi connectivity index (χ0v) is 9.92. The lowest BCUT2D eigenvalue weighted by Gasteiger charge is -2.20. The lowest BCUT2D eigenvalue weighted by molar-refractivity contribution is -0.120. The molecule has 1 rings (SSSR count). The maximum absolute atomic E-state index is 11.3. The lowest BCUT2D eigenvalue weighted by Crippen LogP contribution is -2.44. The van der Waals surface area contributed by atoms with Gasteiger partial charge < -0.3 is 20.5 Å². The predicted molar refractivity (Wildman–Crippen MR) is 61.2 cm³/mol. The molecular weight excluding hydrogens is 208 g/mol. The van der Waals surface area contributed by atoms with E-state index in [0.29, 0.717) is 26.2 Å². The zero-order chi connectivity index (χ0) is 11.9. The number of carbonyl (C=O) groups is 1. The number of hydrogen-bond donors (Lipinski definition) is 3. The quantitative estimate of drug-likeness (QED) is 0.523. The van der Waals surface area contributed by atoms with Crippen LogP contribution in [0.4, 0.5) is 0 Å². The van der Waals surface area contributed by atoms with Crippen molar-refractivity contribution < 1.29 is 14.6 Å². The molecule has 1 unspecified atom stereocenters. The number of amides is 1. The van der Waals surface area contributed by atoms with E-state index in [1.807, 2.05) is 0 Å². The summed E-state index contributed by atoms with van der Waals surface area (Å²) in [4.78, 5) is 11.3. The van der Waals surface area contributed by atoms with Gasteiger partial charge in [0.15, 0.2) is 0 Å². The molecule has 0 aliphatic carbocycles. The van der Waals surface area contributed by atoms with Crippen molar-refractivity contribution in [2.45, 2.75) is 31.8 Å². The van der Waals surface area contributed by atoms with Crippen molar-refractivity contribution in [3.05, 3.63) is 0 Å². The minimum atomic E-state index is -0.788. The third-order valence-corrected chi connectivity index (χ3v) is 2.67. The molecule has 1 heterocycles. The van der Waals surface area contributed by atoms with Crippen LogP contribution in [0.1, 0.15) is 26.2 Å². The van der Waals surface area contributed by atoms with Gasteiger partial charge in [0.05, 0.1) is 13.2 Å². The van der Waals surface area contributed by atoms with Crippen LogP contribution < -0.4 is 10.6 Å². The van der Waals surface area contributed by atoms with Crippen molar-refractivity contribution >= 4 is 5.91 Å². The molecule has 1 aliphatic heterocycles. The Balaban J connectivity index is 2.03. The highest BCUT2D eigenvalue weighted by atomic mass is 16.5. The molecule has 1 aliphatic rings. The first kappa shape index (κ1) is 13.4. The number of hydrogen-bond acceptors (Lipinski definition) is 4. The Bertz CT molecular complexity index is 215.